The quantitative estimate of drug-likeness (QED) is 0.477. The topological polar surface area (TPSA) is 0 Å². The van der Waals surface area contributed by atoms with Gasteiger partial charge in [-0.1, -0.05) is 0 Å². The van der Waals surface area contributed by atoms with Gasteiger partial charge >= 0.3 is 88.4 Å². The Balaban J connectivity index is 1.61. The third-order valence-corrected chi connectivity index (χ3v) is 63.8. The maximum absolute atomic E-state index is 2.65. The average molecular weight is 274 g/mol. The summed E-state index contributed by atoms with van der Waals surface area (Å²) in [6.45, 7) is 5.01. The van der Waals surface area contributed by atoms with E-state index in [1.165, 1.54) is 22.3 Å². The summed E-state index contributed by atoms with van der Waals surface area (Å²) >= 11 is 0. The second-order valence-electron chi connectivity index (χ2n) is 12.1. The SMILES string of the molecule is CC(C)(C)P[C]12[CH]3[CH]4[CH]5[CH]1[Fe]45321678[CH]2[CH]1[CH]6[CH]7[CH]28. The molecule has 5 unspecified atom stereocenters. The van der Waals surface area contributed by atoms with Crippen LogP contribution in [0.4, 0.5) is 0 Å². The van der Waals surface area contributed by atoms with Crippen LogP contribution in [0.3, 0.4) is 0 Å². The summed E-state index contributed by atoms with van der Waals surface area (Å²) in [5.74, 6) is 0. The van der Waals surface area contributed by atoms with E-state index >= 15 is 0 Å². The van der Waals surface area contributed by atoms with Gasteiger partial charge in [-0.05, 0) is 0 Å². The number of hydrogen-bond donors (Lipinski definition) is 0. The normalized spacial score (nSPS) is 128. The molecule has 10 saturated heterocycles. The Morgan fingerprint density at radius 1 is 0.812 bits per heavy atom. The molecule has 1 spiro atoms. The van der Waals surface area contributed by atoms with Crippen molar-refractivity contribution in [2.45, 2.75) is 73.3 Å². The van der Waals surface area contributed by atoms with Crippen molar-refractivity contribution in [1.82, 2.24) is 0 Å². The van der Waals surface area contributed by atoms with Crippen molar-refractivity contribution in [1.29, 1.82) is 0 Å². The Morgan fingerprint density at radius 3 is 1.44 bits per heavy atom. The molecule has 10 heterocycles. The van der Waals surface area contributed by atoms with Gasteiger partial charge in [0.25, 0.3) is 0 Å². The van der Waals surface area contributed by atoms with Gasteiger partial charge in [-0.15, -0.1) is 0 Å². The van der Waals surface area contributed by atoms with Gasteiger partial charge in [0.15, 0.2) is 0 Å². The third-order valence-electron chi connectivity index (χ3n) is 15.2. The van der Waals surface area contributed by atoms with Gasteiger partial charge < -0.3 is 0 Å². The van der Waals surface area contributed by atoms with E-state index in [0.29, 0.717) is 5.16 Å². The molecular weight excluding hydrogens is 255 g/mol. The van der Waals surface area contributed by atoms with Gasteiger partial charge in [0, 0.05) is 0 Å². The number of hydrogen-bond acceptors (Lipinski definition) is 0. The molecule has 16 heavy (non-hydrogen) atoms. The van der Waals surface area contributed by atoms with Gasteiger partial charge in [-0.3, -0.25) is 0 Å². The molecule has 0 nitrogen and oxygen atoms in total. The molecule has 10 aliphatic heterocycles. The molecule has 0 aromatic carbocycles. The van der Waals surface area contributed by atoms with E-state index in [1.54, 1.807) is 33.7 Å². The van der Waals surface area contributed by atoms with Crippen molar-refractivity contribution in [3.8, 4) is 0 Å². The minimum atomic E-state index is -2.65. The van der Waals surface area contributed by atoms with Crippen molar-refractivity contribution in [3.05, 3.63) is 0 Å². The molecule has 0 radical (unpaired) electrons. The van der Waals surface area contributed by atoms with Gasteiger partial charge in [0.1, 0.15) is 0 Å². The van der Waals surface area contributed by atoms with E-state index in [1.807, 2.05) is 0 Å². The van der Waals surface area contributed by atoms with Crippen molar-refractivity contribution in [3.63, 3.8) is 0 Å². The first-order valence-corrected chi connectivity index (χ1v) is 14.5. The predicted molar refractivity (Wildman–Crippen MR) is 64.5 cm³/mol. The molecule has 0 saturated carbocycles. The summed E-state index contributed by atoms with van der Waals surface area (Å²) in [5, 5.41) is 0.678. The summed E-state index contributed by atoms with van der Waals surface area (Å²) in [4.78, 5) is 13.9. The fourth-order valence-electron chi connectivity index (χ4n) is 17.1. The van der Waals surface area contributed by atoms with Gasteiger partial charge in [0.05, 0.1) is 0 Å². The molecule has 88 valence electrons. The zero-order valence-electron chi connectivity index (χ0n) is 10.0. The van der Waals surface area contributed by atoms with Gasteiger partial charge in [0.2, 0.25) is 0 Å². The van der Waals surface area contributed by atoms with Crippen molar-refractivity contribution < 1.29 is 6.51 Å². The molecule has 0 aromatic rings. The molecule has 0 amide bonds. The fourth-order valence-corrected chi connectivity index (χ4v) is 104. The molecule has 10 rings (SSSR count). The van der Waals surface area contributed by atoms with Crippen LogP contribution in [-0.4, -0.2) is 9.21 Å². The van der Waals surface area contributed by atoms with E-state index in [-0.39, 0.29) is 0 Å². The van der Waals surface area contributed by atoms with Crippen LogP contribution in [0, 0.1) is 0 Å². The average Bonchev–Trinajstić information content (AvgIpc) is 3.10. The standard InChI is InChI=1S/C9H14P.C5H5.Fe/c1-9(2,3)10-8-6-4-5-7-8;1-2-4-5-3-1;/h4-7,10H,1-3H3;1-5H;. The van der Waals surface area contributed by atoms with Crippen LogP contribution in [0.5, 0.6) is 0 Å². The monoisotopic (exact) mass is 274 g/mol. The van der Waals surface area contributed by atoms with Gasteiger partial charge in [-0.2, -0.15) is 0 Å². The Labute approximate surface area is 88.4 Å². The zero-order valence-corrected chi connectivity index (χ0v) is 12.2. The molecule has 10 fully saturated rings. The van der Waals surface area contributed by atoms with E-state index in [2.05, 4.69) is 20.8 Å². The molecule has 10 aliphatic rings. The Hall–Kier alpha value is 0.949. The summed E-state index contributed by atoms with van der Waals surface area (Å²) in [7, 11) is 1.41. The first-order chi connectivity index (χ1) is 7.25. The van der Waals surface area contributed by atoms with E-state index in [9.17, 15) is 0 Å². The van der Waals surface area contributed by atoms with Crippen molar-refractivity contribution in [2.24, 2.45) is 0 Å². The van der Waals surface area contributed by atoms with Crippen molar-refractivity contribution >= 4 is 8.58 Å². The molecule has 2 heteroatoms. The second-order valence-corrected chi connectivity index (χ2v) is 38.7. The molecule has 0 N–H and O–H groups in total. The van der Waals surface area contributed by atoms with Crippen LogP contribution in [0.25, 0.3) is 0 Å². The van der Waals surface area contributed by atoms with E-state index < -0.39 is 6.51 Å². The first-order valence-electron chi connectivity index (χ1n) is 7.26. The number of rotatable bonds is 1. The Kier molecular flexibility index (Phi) is 0.193. The summed E-state index contributed by atoms with van der Waals surface area (Å²) in [6.07, 6.45) is 0. The fraction of sp³-hybridized carbons (Fsp3) is 1.00. The van der Waals surface area contributed by atoms with Gasteiger partial charge in [-0.25, -0.2) is 0 Å². The van der Waals surface area contributed by atoms with Crippen LogP contribution in [0.2, 0.25) is 43.3 Å². The van der Waals surface area contributed by atoms with Crippen LogP contribution in [0.15, 0.2) is 0 Å². The van der Waals surface area contributed by atoms with Crippen LogP contribution < -0.4 is 0 Å². The molecule has 0 aromatic heterocycles. The number of fused-ring (bicyclic) bond motifs is 10. The summed E-state index contributed by atoms with van der Waals surface area (Å²) in [6, 6.07) is 0. The van der Waals surface area contributed by atoms with Crippen LogP contribution in [-0.2, 0) is 6.51 Å². The summed E-state index contributed by atoms with van der Waals surface area (Å²) in [5.41, 5.74) is 0. The van der Waals surface area contributed by atoms with Crippen LogP contribution in [0.1, 0.15) is 20.8 Å². The first kappa shape index (κ1) is 6.40. The third kappa shape index (κ3) is 0.0601. The zero-order chi connectivity index (χ0) is 10.2. The molecule has 0 bridgehead atoms. The molecular formula is C14H19FeP. The van der Waals surface area contributed by atoms with Crippen LogP contribution >= 0.6 is 8.58 Å². The molecule has 0 aliphatic carbocycles. The summed E-state index contributed by atoms with van der Waals surface area (Å²) < 4.78 is 1.21. The van der Waals surface area contributed by atoms with E-state index in [4.69, 9.17) is 0 Å². The minimum absolute atomic E-state index is 0.678. The molecule has 5 atom stereocenters. The van der Waals surface area contributed by atoms with E-state index in [0.717, 1.165) is 0 Å². The predicted octanol–water partition coefficient (Wildman–Crippen LogP) is 4.76. The maximum atomic E-state index is 2.55. The Morgan fingerprint density at radius 2 is 1.25 bits per heavy atom. The Bertz CT molecular complexity index is 855. The van der Waals surface area contributed by atoms with Crippen molar-refractivity contribution in [2.75, 3.05) is 0 Å². The second kappa shape index (κ2) is 0.483.